The summed E-state index contributed by atoms with van der Waals surface area (Å²) >= 11 is 0. The second-order valence-corrected chi connectivity index (χ2v) is 10.8. The number of nitrogens with one attached hydrogen (secondary N) is 2. The van der Waals surface area contributed by atoms with E-state index < -0.39 is 22.2 Å². The second kappa shape index (κ2) is 9.24. The minimum Gasteiger partial charge on any atom is -0.506 e. The molecule has 0 amide bonds. The van der Waals surface area contributed by atoms with Gasteiger partial charge in [-0.15, -0.1) is 0 Å². The normalized spacial score (nSPS) is 30.1. The van der Waals surface area contributed by atoms with E-state index in [1.807, 2.05) is 0 Å². The van der Waals surface area contributed by atoms with E-state index in [4.69, 9.17) is 4.74 Å². The number of epoxide rings is 1. The maximum atomic E-state index is 12.7. The number of aromatic nitrogens is 1. The molecule has 0 spiro atoms. The van der Waals surface area contributed by atoms with E-state index in [-0.39, 0.29) is 29.0 Å². The summed E-state index contributed by atoms with van der Waals surface area (Å²) in [6, 6.07) is 1.22. The molecule has 0 aromatic carbocycles. The van der Waals surface area contributed by atoms with Gasteiger partial charge < -0.3 is 14.8 Å². The van der Waals surface area contributed by atoms with Crippen molar-refractivity contribution in [3.63, 3.8) is 0 Å². The molecule has 2 fully saturated rings. The third-order valence-electron chi connectivity index (χ3n) is 6.45. The summed E-state index contributed by atoms with van der Waals surface area (Å²) in [5.74, 6) is 0.303. The molecule has 3 aliphatic rings. The van der Waals surface area contributed by atoms with E-state index in [1.54, 1.807) is 6.08 Å². The molecule has 1 aliphatic carbocycles. The molecule has 1 aromatic heterocycles. The summed E-state index contributed by atoms with van der Waals surface area (Å²) in [6.07, 6.45) is 12.4. The molecule has 7 nitrogen and oxygen atoms in total. The van der Waals surface area contributed by atoms with E-state index in [1.165, 1.54) is 50.0 Å². The fourth-order valence-electron chi connectivity index (χ4n) is 4.71. The van der Waals surface area contributed by atoms with Crippen LogP contribution in [0.15, 0.2) is 22.3 Å². The molecule has 3 heterocycles. The monoisotopic (exact) mass is 436 g/mol. The minimum absolute atomic E-state index is 0.00179. The Morgan fingerprint density at radius 2 is 1.67 bits per heavy atom. The van der Waals surface area contributed by atoms with Crippen molar-refractivity contribution in [2.75, 3.05) is 5.75 Å². The van der Waals surface area contributed by atoms with E-state index in [0.29, 0.717) is 11.3 Å². The Labute approximate surface area is 177 Å². The van der Waals surface area contributed by atoms with Crippen LogP contribution in [0, 0.1) is 0 Å². The van der Waals surface area contributed by atoms with E-state index in [0.717, 1.165) is 25.7 Å². The van der Waals surface area contributed by atoms with E-state index in [2.05, 4.69) is 10.3 Å². The molecular formula is C22H32N2O5S. The molecule has 3 N–H and O–H groups in total. The standard InChI is InChI=1S/C22H32N2O5S/c25-18-13-17(20-22(29-20)23-16-11-12-30(27,28)14-16)21(26)24-19(18)15-9-7-5-3-1-2-4-6-8-10-15/h11-13,15-16,20,22-23,25H,1-10,14H2,(H,24,26)/t16-,20?,22?/m1/s1. The molecule has 2 aliphatic heterocycles. The number of H-pyrrole nitrogens is 1. The van der Waals surface area contributed by atoms with Crippen LogP contribution in [0.1, 0.15) is 87.5 Å². The topological polar surface area (TPSA) is 112 Å². The number of rotatable bonds is 4. The largest absolute Gasteiger partial charge is 0.506 e. The predicted octanol–water partition coefficient (Wildman–Crippen LogP) is 3.38. The van der Waals surface area contributed by atoms with Gasteiger partial charge in [-0.25, -0.2) is 8.42 Å². The summed E-state index contributed by atoms with van der Waals surface area (Å²) in [7, 11) is -3.15. The van der Waals surface area contributed by atoms with Crippen LogP contribution in [0.5, 0.6) is 5.75 Å². The van der Waals surface area contributed by atoms with Gasteiger partial charge in [0.05, 0.1) is 17.0 Å². The number of pyridine rings is 1. The van der Waals surface area contributed by atoms with Gasteiger partial charge in [-0.05, 0) is 18.9 Å². The number of sulfone groups is 1. The summed E-state index contributed by atoms with van der Waals surface area (Å²) in [5, 5.41) is 15.0. The smallest absolute Gasteiger partial charge is 0.254 e. The van der Waals surface area contributed by atoms with Crippen molar-refractivity contribution in [2.45, 2.75) is 88.5 Å². The van der Waals surface area contributed by atoms with Crippen LogP contribution >= 0.6 is 0 Å². The third-order valence-corrected chi connectivity index (χ3v) is 7.84. The Morgan fingerprint density at radius 3 is 2.27 bits per heavy atom. The average Bonchev–Trinajstić information content (AvgIpc) is 3.37. The van der Waals surface area contributed by atoms with Gasteiger partial charge in [0.15, 0.2) is 9.84 Å². The van der Waals surface area contributed by atoms with Gasteiger partial charge >= 0.3 is 0 Å². The lowest BCUT2D eigenvalue weighted by Crippen LogP contribution is -2.33. The number of hydrogen-bond donors (Lipinski definition) is 3. The van der Waals surface area contributed by atoms with Crippen LogP contribution in [0.4, 0.5) is 0 Å². The maximum absolute atomic E-state index is 12.7. The van der Waals surface area contributed by atoms with Gasteiger partial charge in [0.1, 0.15) is 18.1 Å². The first-order chi connectivity index (χ1) is 14.4. The van der Waals surface area contributed by atoms with E-state index in [9.17, 15) is 18.3 Å². The van der Waals surface area contributed by atoms with Gasteiger partial charge in [0.25, 0.3) is 5.56 Å². The molecule has 8 heteroatoms. The Balaban J connectivity index is 1.43. The molecule has 0 radical (unpaired) electrons. The van der Waals surface area contributed by atoms with Crippen molar-refractivity contribution in [1.82, 2.24) is 10.3 Å². The van der Waals surface area contributed by atoms with Crippen LogP contribution in [-0.4, -0.2) is 36.5 Å². The molecule has 30 heavy (non-hydrogen) atoms. The van der Waals surface area contributed by atoms with Crippen molar-refractivity contribution >= 4 is 9.84 Å². The third kappa shape index (κ3) is 5.34. The van der Waals surface area contributed by atoms with Gasteiger partial charge in [-0.1, -0.05) is 57.4 Å². The lowest BCUT2D eigenvalue weighted by Gasteiger charge is -2.18. The van der Waals surface area contributed by atoms with Crippen molar-refractivity contribution in [2.24, 2.45) is 0 Å². The van der Waals surface area contributed by atoms with Crippen molar-refractivity contribution in [3.05, 3.63) is 39.2 Å². The molecule has 1 aromatic rings. The molecule has 1 saturated carbocycles. The Bertz CT molecular complexity index is 927. The van der Waals surface area contributed by atoms with Crippen LogP contribution < -0.4 is 10.9 Å². The van der Waals surface area contributed by atoms with Crippen LogP contribution in [-0.2, 0) is 14.6 Å². The zero-order valence-corrected chi connectivity index (χ0v) is 18.1. The number of ether oxygens (including phenoxy) is 1. The quantitative estimate of drug-likeness (QED) is 0.624. The van der Waals surface area contributed by atoms with E-state index >= 15 is 0 Å². The first kappa shape index (κ1) is 21.6. The van der Waals surface area contributed by atoms with Crippen LogP contribution in [0.2, 0.25) is 0 Å². The van der Waals surface area contributed by atoms with Crippen molar-refractivity contribution < 1.29 is 18.3 Å². The number of hydrogen-bond acceptors (Lipinski definition) is 6. The predicted molar refractivity (Wildman–Crippen MR) is 115 cm³/mol. The number of aromatic amines is 1. The fraction of sp³-hybridized carbons (Fsp3) is 0.682. The maximum Gasteiger partial charge on any atom is 0.254 e. The number of aromatic hydroxyl groups is 1. The molecular weight excluding hydrogens is 404 g/mol. The highest BCUT2D eigenvalue weighted by Gasteiger charge is 2.44. The SMILES string of the molecule is O=c1[nH]c(C2CCCCCCCCCC2)c(O)cc1C1OC1N[C@@H]1C=CS(=O)(=O)C1. The minimum atomic E-state index is -3.15. The molecule has 3 atom stereocenters. The molecule has 0 bridgehead atoms. The Morgan fingerprint density at radius 1 is 1.03 bits per heavy atom. The highest BCUT2D eigenvalue weighted by molar-refractivity contribution is 7.94. The van der Waals surface area contributed by atoms with Crippen molar-refractivity contribution in [3.8, 4) is 5.75 Å². The highest BCUT2D eigenvalue weighted by Crippen LogP contribution is 2.39. The van der Waals surface area contributed by atoms with Gasteiger partial charge in [0.2, 0.25) is 0 Å². The first-order valence-corrected chi connectivity index (χ1v) is 12.9. The molecule has 2 unspecified atom stereocenters. The van der Waals surface area contributed by atoms with Crippen LogP contribution in [0.3, 0.4) is 0 Å². The van der Waals surface area contributed by atoms with Gasteiger partial charge in [-0.2, -0.15) is 0 Å². The highest BCUT2D eigenvalue weighted by atomic mass is 32.2. The Hall–Kier alpha value is -1.64. The lowest BCUT2D eigenvalue weighted by molar-refractivity contribution is 0.340. The van der Waals surface area contributed by atoms with Gasteiger partial charge in [-0.3, -0.25) is 10.1 Å². The zero-order chi connectivity index (χ0) is 21.1. The van der Waals surface area contributed by atoms with Crippen LogP contribution in [0.25, 0.3) is 0 Å². The Kier molecular flexibility index (Phi) is 6.65. The lowest BCUT2D eigenvalue weighted by atomic mass is 9.91. The first-order valence-electron chi connectivity index (χ1n) is 11.2. The zero-order valence-electron chi connectivity index (χ0n) is 17.3. The fourth-order valence-corrected chi connectivity index (χ4v) is 5.96. The average molecular weight is 437 g/mol. The molecule has 1 saturated heterocycles. The summed E-state index contributed by atoms with van der Waals surface area (Å²) in [6.45, 7) is 0. The summed E-state index contributed by atoms with van der Waals surface area (Å²) in [4.78, 5) is 15.7. The van der Waals surface area contributed by atoms with Crippen molar-refractivity contribution in [1.29, 1.82) is 0 Å². The summed E-state index contributed by atoms with van der Waals surface area (Å²) in [5.41, 5.74) is 0.800. The van der Waals surface area contributed by atoms with Gasteiger partial charge in [0, 0.05) is 17.4 Å². The summed E-state index contributed by atoms with van der Waals surface area (Å²) < 4.78 is 28.6. The molecule has 4 rings (SSSR count). The molecule has 166 valence electrons. The second-order valence-electron chi connectivity index (χ2n) is 8.86.